The predicted octanol–water partition coefficient (Wildman–Crippen LogP) is 4.71. The molecule has 3 heteroatoms. The van der Waals surface area contributed by atoms with E-state index in [4.69, 9.17) is 11.6 Å². The molecule has 1 atom stereocenters. The third-order valence-electron chi connectivity index (χ3n) is 3.96. The van der Waals surface area contributed by atoms with E-state index in [1.165, 1.54) is 31.7 Å². The molecular weight excluding hydrogens is 249 g/mol. The van der Waals surface area contributed by atoms with Crippen LogP contribution in [0.25, 0.3) is 0 Å². The van der Waals surface area contributed by atoms with Gasteiger partial charge in [-0.2, -0.15) is 0 Å². The zero-order valence-electron chi connectivity index (χ0n) is 11.1. The van der Waals surface area contributed by atoms with Crippen molar-refractivity contribution < 1.29 is 4.39 Å². The first-order chi connectivity index (χ1) is 8.56. The lowest BCUT2D eigenvalue weighted by molar-refractivity contribution is 0.397. The van der Waals surface area contributed by atoms with Gasteiger partial charge in [0.05, 0.1) is 5.02 Å². The number of hydrogen-bond donors (Lipinski definition) is 1. The van der Waals surface area contributed by atoms with Crippen molar-refractivity contribution in [1.29, 1.82) is 0 Å². The van der Waals surface area contributed by atoms with Gasteiger partial charge in [0.2, 0.25) is 0 Å². The van der Waals surface area contributed by atoms with Gasteiger partial charge in [-0.15, -0.1) is 0 Å². The Balaban J connectivity index is 1.91. The van der Waals surface area contributed by atoms with Crippen LogP contribution in [0.15, 0.2) is 18.2 Å². The highest BCUT2D eigenvalue weighted by atomic mass is 35.5. The number of nitrogens with one attached hydrogen (secondary N) is 1. The summed E-state index contributed by atoms with van der Waals surface area (Å²) in [6, 6.07) is 5.22. The molecule has 1 nitrogen and oxygen atoms in total. The summed E-state index contributed by atoms with van der Waals surface area (Å²) in [4.78, 5) is 0. The van der Waals surface area contributed by atoms with E-state index in [0.29, 0.717) is 5.41 Å². The van der Waals surface area contributed by atoms with Crippen LogP contribution in [0.5, 0.6) is 0 Å². The normalized spacial score (nSPS) is 18.7. The molecule has 0 amide bonds. The summed E-state index contributed by atoms with van der Waals surface area (Å²) < 4.78 is 13.4. The Bertz CT molecular complexity index is 415. The first-order valence-electron chi connectivity index (χ1n) is 6.75. The van der Waals surface area contributed by atoms with Crippen LogP contribution in [0.4, 0.5) is 4.39 Å². The molecule has 1 fully saturated rings. The smallest absolute Gasteiger partial charge is 0.142 e. The summed E-state index contributed by atoms with van der Waals surface area (Å²) in [5, 5.41) is 3.71. The first-order valence-corrected chi connectivity index (χ1v) is 7.12. The average molecular weight is 270 g/mol. The highest BCUT2D eigenvalue weighted by Crippen LogP contribution is 2.49. The molecule has 0 saturated heterocycles. The summed E-state index contributed by atoms with van der Waals surface area (Å²) in [6.07, 6.45) is 5.19. The molecule has 0 aliphatic heterocycles. The minimum absolute atomic E-state index is 0.172. The fraction of sp³-hybridized carbons (Fsp3) is 0.600. The molecule has 1 saturated carbocycles. The second-order valence-electron chi connectivity index (χ2n) is 5.53. The van der Waals surface area contributed by atoms with E-state index in [9.17, 15) is 4.39 Å². The fourth-order valence-corrected chi connectivity index (χ4v) is 2.61. The largest absolute Gasteiger partial charge is 0.310 e. The Hall–Kier alpha value is -0.600. The maximum absolute atomic E-state index is 13.4. The number of rotatable bonds is 6. The standard InChI is InChI=1S/C15H21ClFN/c1-3-6-15(7-8-15)10-18-11(2)12-4-5-13(16)14(17)9-12/h4-5,9,11,18H,3,6-8,10H2,1-2H3. The van der Waals surface area contributed by atoms with Gasteiger partial charge in [-0.25, -0.2) is 4.39 Å². The van der Waals surface area contributed by atoms with E-state index in [0.717, 1.165) is 12.1 Å². The number of benzene rings is 1. The summed E-state index contributed by atoms with van der Waals surface area (Å²) in [6.45, 7) is 5.34. The van der Waals surface area contributed by atoms with Crippen LogP contribution in [0, 0.1) is 11.2 Å². The lowest BCUT2D eigenvalue weighted by atomic mass is 9.99. The van der Waals surface area contributed by atoms with Crippen LogP contribution in [0.2, 0.25) is 5.02 Å². The molecule has 1 aromatic carbocycles. The SMILES string of the molecule is CCCC1(CNC(C)c2ccc(Cl)c(F)c2)CC1. The number of halogens is 2. The van der Waals surface area contributed by atoms with Gasteiger partial charge < -0.3 is 5.32 Å². The van der Waals surface area contributed by atoms with Crippen molar-refractivity contribution in [2.24, 2.45) is 5.41 Å². The summed E-state index contributed by atoms with van der Waals surface area (Å²) in [5.74, 6) is -0.336. The van der Waals surface area contributed by atoms with E-state index < -0.39 is 0 Å². The van der Waals surface area contributed by atoms with Crippen molar-refractivity contribution in [1.82, 2.24) is 5.32 Å². The minimum Gasteiger partial charge on any atom is -0.310 e. The molecule has 1 aliphatic rings. The average Bonchev–Trinajstić information content (AvgIpc) is 3.11. The van der Waals surface area contributed by atoms with Crippen LogP contribution in [0.3, 0.4) is 0 Å². The molecule has 1 aliphatic carbocycles. The Morgan fingerprint density at radius 1 is 1.44 bits per heavy atom. The maximum Gasteiger partial charge on any atom is 0.142 e. The van der Waals surface area contributed by atoms with Crippen molar-refractivity contribution in [2.45, 2.75) is 45.6 Å². The van der Waals surface area contributed by atoms with Gasteiger partial charge in [-0.3, -0.25) is 0 Å². The molecule has 0 bridgehead atoms. The summed E-state index contributed by atoms with van der Waals surface area (Å²) in [5.41, 5.74) is 1.48. The lowest BCUT2D eigenvalue weighted by Gasteiger charge is -2.20. The van der Waals surface area contributed by atoms with Crippen LogP contribution in [-0.2, 0) is 0 Å². The van der Waals surface area contributed by atoms with Gasteiger partial charge >= 0.3 is 0 Å². The van der Waals surface area contributed by atoms with Crippen LogP contribution < -0.4 is 5.32 Å². The highest BCUT2D eigenvalue weighted by Gasteiger charge is 2.41. The lowest BCUT2D eigenvalue weighted by Crippen LogP contribution is -2.26. The third kappa shape index (κ3) is 3.24. The van der Waals surface area contributed by atoms with Gasteiger partial charge in [0, 0.05) is 12.6 Å². The minimum atomic E-state index is -0.336. The molecule has 2 rings (SSSR count). The van der Waals surface area contributed by atoms with Crippen molar-refractivity contribution in [2.75, 3.05) is 6.54 Å². The Labute approximate surface area is 114 Å². The Morgan fingerprint density at radius 2 is 2.17 bits per heavy atom. The second kappa shape index (κ2) is 5.58. The predicted molar refractivity (Wildman–Crippen MR) is 74.4 cm³/mol. The summed E-state index contributed by atoms with van der Waals surface area (Å²) >= 11 is 5.69. The Morgan fingerprint density at radius 3 is 2.72 bits per heavy atom. The van der Waals surface area contributed by atoms with Crippen LogP contribution in [0.1, 0.15) is 51.1 Å². The molecule has 0 spiro atoms. The van der Waals surface area contributed by atoms with Gasteiger partial charge in [-0.05, 0) is 49.3 Å². The van der Waals surface area contributed by atoms with Crippen LogP contribution >= 0.6 is 11.6 Å². The van der Waals surface area contributed by atoms with E-state index in [1.54, 1.807) is 6.07 Å². The molecule has 1 N–H and O–H groups in total. The van der Waals surface area contributed by atoms with Crippen molar-refractivity contribution >= 4 is 11.6 Å². The fourth-order valence-electron chi connectivity index (χ4n) is 2.49. The van der Waals surface area contributed by atoms with E-state index in [1.807, 2.05) is 6.07 Å². The maximum atomic E-state index is 13.4. The monoisotopic (exact) mass is 269 g/mol. The van der Waals surface area contributed by atoms with E-state index in [-0.39, 0.29) is 16.9 Å². The molecule has 0 radical (unpaired) electrons. The topological polar surface area (TPSA) is 12.0 Å². The van der Waals surface area contributed by atoms with E-state index in [2.05, 4.69) is 19.2 Å². The molecule has 0 heterocycles. The zero-order valence-corrected chi connectivity index (χ0v) is 11.9. The molecule has 0 aromatic heterocycles. The third-order valence-corrected chi connectivity index (χ3v) is 4.27. The van der Waals surface area contributed by atoms with Crippen molar-refractivity contribution in [3.8, 4) is 0 Å². The Kier molecular flexibility index (Phi) is 4.29. The molecule has 100 valence electrons. The van der Waals surface area contributed by atoms with E-state index >= 15 is 0 Å². The van der Waals surface area contributed by atoms with Crippen molar-refractivity contribution in [3.05, 3.63) is 34.6 Å². The van der Waals surface area contributed by atoms with Gasteiger partial charge in [0.25, 0.3) is 0 Å². The quantitative estimate of drug-likeness (QED) is 0.789. The van der Waals surface area contributed by atoms with Gasteiger partial charge in [-0.1, -0.05) is 31.0 Å². The highest BCUT2D eigenvalue weighted by molar-refractivity contribution is 6.30. The molecular formula is C15H21ClFN. The summed E-state index contributed by atoms with van der Waals surface area (Å²) in [7, 11) is 0. The first kappa shape index (κ1) is 13.8. The second-order valence-corrected chi connectivity index (χ2v) is 5.93. The van der Waals surface area contributed by atoms with Crippen molar-refractivity contribution in [3.63, 3.8) is 0 Å². The zero-order chi connectivity index (χ0) is 13.2. The molecule has 1 unspecified atom stereocenters. The van der Waals surface area contributed by atoms with Crippen LogP contribution in [-0.4, -0.2) is 6.54 Å². The molecule has 1 aromatic rings. The molecule has 18 heavy (non-hydrogen) atoms. The number of hydrogen-bond acceptors (Lipinski definition) is 1. The van der Waals surface area contributed by atoms with Gasteiger partial charge in [0.15, 0.2) is 0 Å². The van der Waals surface area contributed by atoms with Gasteiger partial charge in [0.1, 0.15) is 5.82 Å².